The highest BCUT2D eigenvalue weighted by atomic mass is 35.5. The molecule has 76 valence electrons. The average Bonchev–Trinajstić information content (AvgIpc) is 2.07. The summed E-state index contributed by atoms with van der Waals surface area (Å²) in [6.45, 7) is 0. The maximum atomic E-state index is 11.0. The molecule has 1 aliphatic rings. The number of hydrogen-bond acceptors (Lipinski definition) is 1. The average molecular weight is 211 g/mol. The summed E-state index contributed by atoms with van der Waals surface area (Å²) < 4.78 is 0. The Morgan fingerprint density at radius 3 is 2.14 bits per heavy atom. The van der Waals surface area contributed by atoms with Crippen LogP contribution in [-0.2, 0) is 10.2 Å². The summed E-state index contributed by atoms with van der Waals surface area (Å²) in [7, 11) is 0. The molecule has 0 saturated heterocycles. The molecule has 0 amide bonds. The van der Waals surface area contributed by atoms with E-state index >= 15 is 0 Å². The van der Waals surface area contributed by atoms with E-state index in [4.69, 9.17) is 11.6 Å². The fraction of sp³-hybridized carbons (Fsp3) is 0.417. The summed E-state index contributed by atoms with van der Waals surface area (Å²) in [5, 5.41) is 0.726. The van der Waals surface area contributed by atoms with E-state index in [-0.39, 0.29) is 12.8 Å². The molecule has 0 aliphatic heterocycles. The molecule has 14 heavy (non-hydrogen) atoms. The van der Waals surface area contributed by atoms with Crippen LogP contribution in [0.3, 0.4) is 0 Å². The molecule has 0 spiro atoms. The minimum absolute atomic E-state index is 0. The maximum Gasteiger partial charge on any atom is 0.130 e. The van der Waals surface area contributed by atoms with Crippen LogP contribution >= 0.6 is 11.6 Å². The van der Waals surface area contributed by atoms with Gasteiger partial charge in [0.1, 0.15) is 6.29 Å². The first-order valence-electron chi connectivity index (χ1n) is 4.49. The molecule has 0 unspecified atom stereocenters. The van der Waals surface area contributed by atoms with E-state index in [0.29, 0.717) is 0 Å². The molecule has 2 rings (SSSR count). The fourth-order valence-electron chi connectivity index (χ4n) is 1.81. The van der Waals surface area contributed by atoms with Crippen molar-refractivity contribution in [3.8, 4) is 0 Å². The Hall–Kier alpha value is -0.820. The van der Waals surface area contributed by atoms with Crippen molar-refractivity contribution < 1.29 is 4.79 Å². The molecule has 0 N–H and O–H groups in total. The van der Waals surface area contributed by atoms with Gasteiger partial charge in [-0.05, 0) is 30.5 Å². The smallest absolute Gasteiger partial charge is 0.130 e. The number of halogens is 1. The molecule has 1 aliphatic carbocycles. The Labute approximate surface area is 90.1 Å². The number of carbonyl (C=O) groups is 1. The van der Waals surface area contributed by atoms with Gasteiger partial charge in [-0.25, -0.2) is 0 Å². The molecule has 1 saturated carbocycles. The lowest BCUT2D eigenvalue weighted by molar-refractivity contribution is -0.115. The first kappa shape index (κ1) is 11.3. The van der Waals surface area contributed by atoms with Crippen molar-refractivity contribution in [1.82, 2.24) is 0 Å². The van der Waals surface area contributed by atoms with Crippen molar-refractivity contribution in [3.05, 3.63) is 34.9 Å². The normalized spacial score (nSPS) is 17.8. The van der Waals surface area contributed by atoms with Gasteiger partial charge in [0.25, 0.3) is 0 Å². The van der Waals surface area contributed by atoms with Crippen molar-refractivity contribution in [2.75, 3.05) is 0 Å². The van der Waals surface area contributed by atoms with E-state index in [0.717, 1.165) is 36.1 Å². The molecular weight excluding hydrogens is 196 g/mol. The largest absolute Gasteiger partial charge is 0.302 e. The van der Waals surface area contributed by atoms with Gasteiger partial charge in [-0.2, -0.15) is 0 Å². The van der Waals surface area contributed by atoms with Crippen LogP contribution in [0.4, 0.5) is 0 Å². The summed E-state index contributed by atoms with van der Waals surface area (Å²) >= 11 is 5.78. The third kappa shape index (κ3) is 1.69. The molecule has 0 radical (unpaired) electrons. The molecule has 0 atom stereocenters. The molecular formula is C12H15ClO. The number of benzene rings is 1. The van der Waals surface area contributed by atoms with Crippen LogP contribution < -0.4 is 0 Å². The summed E-state index contributed by atoms with van der Waals surface area (Å²) in [6.07, 6.45) is 4.21. The zero-order chi connectivity index (χ0) is 9.31. The topological polar surface area (TPSA) is 17.1 Å². The van der Waals surface area contributed by atoms with E-state index < -0.39 is 0 Å². The van der Waals surface area contributed by atoms with Gasteiger partial charge in [-0.3, -0.25) is 0 Å². The van der Waals surface area contributed by atoms with Gasteiger partial charge < -0.3 is 4.79 Å². The van der Waals surface area contributed by atoms with Crippen molar-refractivity contribution in [3.63, 3.8) is 0 Å². The molecule has 0 bridgehead atoms. The summed E-state index contributed by atoms with van der Waals surface area (Å²) in [4.78, 5) is 11.0. The number of aldehydes is 1. The molecule has 2 heteroatoms. The SMILES string of the molecule is C.O=CC1(c2ccc(Cl)cc2)CCC1. The van der Waals surface area contributed by atoms with E-state index in [2.05, 4.69) is 0 Å². The Bertz CT molecular complexity index is 312. The first-order valence-corrected chi connectivity index (χ1v) is 4.87. The predicted molar refractivity (Wildman–Crippen MR) is 59.8 cm³/mol. The quantitative estimate of drug-likeness (QED) is 0.682. The molecule has 0 aromatic heterocycles. The third-order valence-electron chi connectivity index (χ3n) is 2.89. The molecule has 1 fully saturated rings. The first-order chi connectivity index (χ1) is 6.27. The minimum Gasteiger partial charge on any atom is -0.302 e. The second-order valence-corrected chi connectivity index (χ2v) is 4.07. The van der Waals surface area contributed by atoms with Crippen molar-refractivity contribution in [1.29, 1.82) is 0 Å². The van der Waals surface area contributed by atoms with Crippen molar-refractivity contribution >= 4 is 17.9 Å². The lowest BCUT2D eigenvalue weighted by Gasteiger charge is -2.37. The van der Waals surface area contributed by atoms with E-state index in [1.807, 2.05) is 24.3 Å². The zero-order valence-corrected chi connectivity index (χ0v) is 8.05. The summed E-state index contributed by atoms with van der Waals surface area (Å²) in [5.74, 6) is 0. The predicted octanol–water partition coefficient (Wildman–Crippen LogP) is 3.60. The number of carbonyl (C=O) groups excluding carboxylic acids is 1. The van der Waals surface area contributed by atoms with Gasteiger partial charge in [0.15, 0.2) is 0 Å². The van der Waals surface area contributed by atoms with E-state index in [1.165, 1.54) is 0 Å². The second-order valence-electron chi connectivity index (χ2n) is 3.63. The summed E-state index contributed by atoms with van der Waals surface area (Å²) in [5.41, 5.74) is 0.920. The number of hydrogen-bond donors (Lipinski definition) is 0. The van der Waals surface area contributed by atoms with Crippen LogP contribution in [0.15, 0.2) is 24.3 Å². The van der Waals surface area contributed by atoms with Crippen LogP contribution in [0.25, 0.3) is 0 Å². The van der Waals surface area contributed by atoms with Gasteiger partial charge in [0.2, 0.25) is 0 Å². The molecule has 1 aromatic rings. The molecule has 1 nitrogen and oxygen atoms in total. The fourth-order valence-corrected chi connectivity index (χ4v) is 1.94. The number of rotatable bonds is 2. The van der Waals surface area contributed by atoms with Gasteiger partial charge in [-0.15, -0.1) is 0 Å². The van der Waals surface area contributed by atoms with Gasteiger partial charge in [0.05, 0.1) is 5.41 Å². The Morgan fingerprint density at radius 2 is 1.79 bits per heavy atom. The van der Waals surface area contributed by atoms with Crippen molar-refractivity contribution in [2.24, 2.45) is 0 Å². The summed E-state index contributed by atoms with van der Waals surface area (Å²) in [6, 6.07) is 7.60. The van der Waals surface area contributed by atoms with Gasteiger partial charge in [-0.1, -0.05) is 37.6 Å². The van der Waals surface area contributed by atoms with E-state index in [1.54, 1.807) is 0 Å². The highest BCUT2D eigenvalue weighted by Crippen LogP contribution is 2.41. The lowest BCUT2D eigenvalue weighted by Crippen LogP contribution is -2.35. The van der Waals surface area contributed by atoms with Gasteiger partial charge in [0, 0.05) is 5.02 Å². The minimum atomic E-state index is -0.190. The zero-order valence-electron chi connectivity index (χ0n) is 7.29. The van der Waals surface area contributed by atoms with Crippen molar-refractivity contribution in [2.45, 2.75) is 32.1 Å². The van der Waals surface area contributed by atoms with Gasteiger partial charge >= 0.3 is 0 Å². The van der Waals surface area contributed by atoms with Crippen LogP contribution in [0.1, 0.15) is 32.3 Å². The Kier molecular flexibility index (Phi) is 3.33. The van der Waals surface area contributed by atoms with Crippen LogP contribution in [0, 0.1) is 0 Å². The third-order valence-corrected chi connectivity index (χ3v) is 3.14. The van der Waals surface area contributed by atoms with Crippen LogP contribution in [0.2, 0.25) is 5.02 Å². The second kappa shape index (κ2) is 4.14. The highest BCUT2D eigenvalue weighted by Gasteiger charge is 2.38. The maximum absolute atomic E-state index is 11.0. The van der Waals surface area contributed by atoms with Crippen LogP contribution in [-0.4, -0.2) is 6.29 Å². The highest BCUT2D eigenvalue weighted by molar-refractivity contribution is 6.30. The molecule has 0 heterocycles. The van der Waals surface area contributed by atoms with E-state index in [9.17, 15) is 4.79 Å². The monoisotopic (exact) mass is 210 g/mol. The van der Waals surface area contributed by atoms with Crippen LogP contribution in [0.5, 0.6) is 0 Å². The molecule has 1 aromatic carbocycles. The Morgan fingerprint density at radius 1 is 1.21 bits per heavy atom. The lowest BCUT2D eigenvalue weighted by atomic mass is 9.65. The Balaban J connectivity index is 0.000000980. The standard InChI is InChI=1S/C11H11ClO.CH4/c12-10-4-2-9(3-5-10)11(8-13)6-1-7-11;/h2-5,8H,1,6-7H2;1H4.